The highest BCUT2D eigenvalue weighted by molar-refractivity contribution is 5.97. The minimum absolute atomic E-state index is 0.157. The maximum Gasteiger partial charge on any atom is 0.180 e. The quantitative estimate of drug-likeness (QED) is 0.355. The molecule has 2 aliphatic heterocycles. The monoisotopic (exact) mass is 332 g/mol. The van der Waals surface area contributed by atoms with E-state index < -0.39 is 11.7 Å². The molecule has 3 rings (SSSR count). The highest BCUT2D eigenvalue weighted by Gasteiger charge is 2.43. The molecule has 0 radical (unpaired) electrons. The standard InChI is InChI=1S/C17H24N4O3/c1-10(22)17(2,24-19)15-6-4-11-7-12(3-5-14(11)23-15)16(18)21-13-8-20-9-13/h3,5,7,13,15,20H,4,6,8-9,19H2,1-2H3,(H2,18,21)/t15-,17-/m1/s1. The van der Waals surface area contributed by atoms with Crippen molar-refractivity contribution in [3.8, 4) is 5.75 Å². The molecule has 0 aliphatic carbocycles. The fourth-order valence-corrected chi connectivity index (χ4v) is 3.00. The molecule has 5 N–H and O–H groups in total. The number of ketones is 1. The summed E-state index contributed by atoms with van der Waals surface area (Å²) in [7, 11) is 0. The van der Waals surface area contributed by atoms with Crippen molar-refractivity contribution in [2.24, 2.45) is 5.90 Å². The van der Waals surface area contributed by atoms with E-state index >= 15 is 0 Å². The Bertz CT molecular complexity index is 659. The summed E-state index contributed by atoms with van der Waals surface area (Å²) in [6.07, 6.45) is 0.965. The van der Waals surface area contributed by atoms with Crippen LogP contribution in [0.4, 0.5) is 0 Å². The Hall–Kier alpha value is -1.96. The normalized spacial score (nSPS) is 22.5. The molecule has 1 saturated heterocycles. The van der Waals surface area contributed by atoms with E-state index in [1.165, 1.54) is 6.92 Å². The fourth-order valence-electron chi connectivity index (χ4n) is 3.00. The van der Waals surface area contributed by atoms with Gasteiger partial charge in [0, 0.05) is 18.7 Å². The Balaban J connectivity index is 1.74. The smallest absolute Gasteiger partial charge is 0.180 e. The molecule has 0 aromatic heterocycles. The number of carbonyl (C=O) groups excluding carboxylic acids is 1. The lowest BCUT2D eigenvalue weighted by Gasteiger charge is -2.37. The minimum Gasteiger partial charge on any atom is -0.487 e. The van der Waals surface area contributed by atoms with E-state index in [1.54, 1.807) is 6.92 Å². The van der Waals surface area contributed by atoms with E-state index in [4.69, 9.17) is 20.9 Å². The van der Waals surface area contributed by atoms with Gasteiger partial charge in [-0.3, -0.25) is 15.0 Å². The number of benzene rings is 1. The number of carbonyl (C=O) groups is 1. The Labute approximate surface area is 141 Å². The van der Waals surface area contributed by atoms with Crippen molar-refractivity contribution in [2.75, 3.05) is 13.1 Å². The predicted octanol–water partition coefficient (Wildman–Crippen LogP) is 0.505. The molecule has 1 fully saturated rings. The molecule has 1 aromatic carbocycles. The van der Waals surface area contributed by atoms with Gasteiger partial charge in [-0.1, -0.05) is 0 Å². The first-order chi connectivity index (χ1) is 11.4. The molecular formula is C17H24N4O3. The first-order valence-electron chi connectivity index (χ1n) is 8.18. The predicted molar refractivity (Wildman–Crippen MR) is 90.2 cm³/mol. The second kappa shape index (κ2) is 6.51. The van der Waals surface area contributed by atoms with E-state index in [1.807, 2.05) is 18.2 Å². The van der Waals surface area contributed by atoms with Crippen LogP contribution in [-0.2, 0) is 16.1 Å². The molecule has 2 atom stereocenters. The number of nitrogens with two attached hydrogens (primary N) is 1. The summed E-state index contributed by atoms with van der Waals surface area (Å²) in [5.74, 6) is 6.33. The highest BCUT2D eigenvalue weighted by atomic mass is 16.7. The summed E-state index contributed by atoms with van der Waals surface area (Å²) < 4.78 is 5.97. The number of ether oxygens (including phenoxy) is 1. The summed E-state index contributed by atoms with van der Waals surface area (Å²) in [5.41, 5.74) is 0.721. The average molecular weight is 332 g/mol. The van der Waals surface area contributed by atoms with Gasteiger partial charge in [0.1, 0.15) is 17.7 Å². The molecular weight excluding hydrogens is 308 g/mol. The number of hydrogen-bond acceptors (Lipinski definition) is 6. The van der Waals surface area contributed by atoms with E-state index in [0.717, 1.165) is 36.4 Å². The molecule has 0 bridgehead atoms. The second-order valence-corrected chi connectivity index (χ2v) is 6.62. The van der Waals surface area contributed by atoms with Crippen molar-refractivity contribution in [1.29, 1.82) is 5.41 Å². The number of fused-ring (bicyclic) bond motifs is 1. The summed E-state index contributed by atoms with van der Waals surface area (Å²) in [6.45, 7) is 4.89. The van der Waals surface area contributed by atoms with Crippen LogP contribution in [0, 0.1) is 5.41 Å². The lowest BCUT2D eigenvalue weighted by atomic mass is 9.87. The van der Waals surface area contributed by atoms with Gasteiger partial charge in [-0.15, -0.1) is 0 Å². The summed E-state index contributed by atoms with van der Waals surface area (Å²) >= 11 is 0. The number of rotatable bonds is 5. The van der Waals surface area contributed by atoms with Gasteiger partial charge < -0.3 is 15.4 Å². The van der Waals surface area contributed by atoms with Crippen molar-refractivity contribution in [3.63, 3.8) is 0 Å². The molecule has 24 heavy (non-hydrogen) atoms. The molecule has 0 spiro atoms. The van der Waals surface area contributed by atoms with Gasteiger partial charge in [0.2, 0.25) is 0 Å². The zero-order valence-corrected chi connectivity index (χ0v) is 14.0. The van der Waals surface area contributed by atoms with Crippen molar-refractivity contribution < 1.29 is 14.4 Å². The number of nitrogens with one attached hydrogen (secondary N) is 3. The molecule has 2 heterocycles. The lowest BCUT2D eigenvalue weighted by Crippen LogP contribution is -2.57. The Kier molecular flexibility index (Phi) is 4.58. The first-order valence-corrected chi connectivity index (χ1v) is 8.18. The molecule has 2 aliphatic rings. The van der Waals surface area contributed by atoms with Gasteiger partial charge in [0.05, 0.1) is 6.04 Å². The van der Waals surface area contributed by atoms with Crippen molar-refractivity contribution >= 4 is 11.6 Å². The van der Waals surface area contributed by atoms with Crippen LogP contribution in [-0.4, -0.2) is 42.5 Å². The first kappa shape index (κ1) is 16.9. The molecule has 130 valence electrons. The van der Waals surface area contributed by atoms with E-state index in [2.05, 4.69) is 10.6 Å². The fraction of sp³-hybridized carbons (Fsp3) is 0.529. The molecule has 1 aromatic rings. The largest absolute Gasteiger partial charge is 0.487 e. The molecule has 7 nitrogen and oxygen atoms in total. The molecule has 7 heteroatoms. The number of hydrogen-bond donors (Lipinski definition) is 4. The third-order valence-corrected chi connectivity index (χ3v) is 4.98. The van der Waals surface area contributed by atoms with Crippen LogP contribution in [0.1, 0.15) is 31.4 Å². The van der Waals surface area contributed by atoms with Crippen LogP contribution in [0.3, 0.4) is 0 Å². The summed E-state index contributed by atoms with van der Waals surface area (Å²) in [6, 6.07) is 6.01. The average Bonchev–Trinajstić information content (AvgIpc) is 2.55. The van der Waals surface area contributed by atoms with Crippen LogP contribution in [0.15, 0.2) is 18.2 Å². The van der Waals surface area contributed by atoms with Crippen molar-refractivity contribution in [2.45, 2.75) is 44.4 Å². The maximum absolute atomic E-state index is 11.9. The molecule has 0 amide bonds. The third-order valence-electron chi connectivity index (χ3n) is 4.98. The van der Waals surface area contributed by atoms with E-state index in [-0.39, 0.29) is 5.78 Å². The SMILES string of the molecule is CC(=O)[C@@](C)(ON)[C@H]1CCc2cc(C(=N)NC3CNC3)ccc2O1. The third kappa shape index (κ3) is 3.02. The topological polar surface area (TPSA) is 109 Å². The van der Waals surface area contributed by atoms with Crippen LogP contribution >= 0.6 is 0 Å². The summed E-state index contributed by atoms with van der Waals surface area (Å²) in [4.78, 5) is 16.8. The summed E-state index contributed by atoms with van der Waals surface area (Å²) in [5, 5.41) is 14.5. The number of amidine groups is 1. The van der Waals surface area contributed by atoms with Crippen LogP contribution in [0.5, 0.6) is 5.75 Å². The highest BCUT2D eigenvalue weighted by Crippen LogP contribution is 2.33. The van der Waals surface area contributed by atoms with E-state index in [9.17, 15) is 4.79 Å². The van der Waals surface area contributed by atoms with Crippen LogP contribution in [0.2, 0.25) is 0 Å². The molecule has 0 unspecified atom stereocenters. The van der Waals surface area contributed by atoms with Crippen LogP contribution in [0.25, 0.3) is 0 Å². The lowest BCUT2D eigenvalue weighted by molar-refractivity contribution is -0.156. The second-order valence-electron chi connectivity index (χ2n) is 6.62. The Morgan fingerprint density at radius 3 is 2.83 bits per heavy atom. The van der Waals surface area contributed by atoms with Gasteiger partial charge in [0.15, 0.2) is 11.4 Å². The number of Topliss-reactive ketones (excluding diaryl/α,β-unsaturated/α-hetero) is 1. The van der Waals surface area contributed by atoms with Crippen LogP contribution < -0.4 is 21.3 Å². The van der Waals surface area contributed by atoms with Gasteiger partial charge >= 0.3 is 0 Å². The van der Waals surface area contributed by atoms with Gasteiger partial charge in [-0.25, -0.2) is 5.90 Å². The Morgan fingerprint density at radius 1 is 1.50 bits per heavy atom. The minimum atomic E-state index is -1.15. The maximum atomic E-state index is 11.9. The Morgan fingerprint density at radius 2 is 2.25 bits per heavy atom. The van der Waals surface area contributed by atoms with Crippen molar-refractivity contribution in [1.82, 2.24) is 10.6 Å². The van der Waals surface area contributed by atoms with Crippen molar-refractivity contribution in [3.05, 3.63) is 29.3 Å². The zero-order chi connectivity index (χ0) is 17.3. The van der Waals surface area contributed by atoms with Gasteiger partial charge in [-0.05, 0) is 50.5 Å². The number of aryl methyl sites for hydroxylation is 1. The van der Waals surface area contributed by atoms with E-state index in [0.29, 0.717) is 18.3 Å². The van der Waals surface area contributed by atoms with Gasteiger partial charge in [0.25, 0.3) is 0 Å². The molecule has 0 saturated carbocycles. The van der Waals surface area contributed by atoms with Gasteiger partial charge in [-0.2, -0.15) is 0 Å². The zero-order valence-electron chi connectivity index (χ0n) is 14.0.